The van der Waals surface area contributed by atoms with Gasteiger partial charge < -0.3 is 4.57 Å². The van der Waals surface area contributed by atoms with Crippen LogP contribution >= 0.6 is 0 Å². The topological polar surface area (TPSA) is 17.8 Å². The largest absolute Gasteiger partial charge is 0.332 e. The molecule has 0 radical (unpaired) electrons. The van der Waals surface area contributed by atoms with E-state index in [0.717, 1.165) is 0 Å². The van der Waals surface area contributed by atoms with Crippen molar-refractivity contribution >= 4 is 0 Å². The number of rotatable bonds is 0. The lowest BCUT2D eigenvalue weighted by Gasteiger charge is -2.20. The van der Waals surface area contributed by atoms with Crippen molar-refractivity contribution in [2.45, 2.75) is 57.9 Å². The average Bonchev–Trinajstić information content (AvgIpc) is 2.59. The lowest BCUT2D eigenvalue weighted by Crippen LogP contribution is -2.15. The van der Waals surface area contributed by atoms with Gasteiger partial charge in [-0.1, -0.05) is 6.92 Å². The second-order valence-electron chi connectivity index (χ2n) is 4.76. The fourth-order valence-corrected chi connectivity index (χ4v) is 2.94. The summed E-state index contributed by atoms with van der Waals surface area (Å²) in [6.45, 7) is 3.56. The SMILES string of the molecule is CC1CCCc2c1nc1n2CCCC1. The number of hydrogen-bond acceptors (Lipinski definition) is 1. The van der Waals surface area contributed by atoms with Gasteiger partial charge in [-0.2, -0.15) is 0 Å². The Labute approximate surface area is 85.3 Å². The lowest BCUT2D eigenvalue weighted by molar-refractivity contribution is 0.494. The minimum absolute atomic E-state index is 0.705. The normalized spacial score (nSPS) is 25.6. The molecule has 0 saturated carbocycles. The maximum atomic E-state index is 4.84. The summed E-state index contributed by atoms with van der Waals surface area (Å²) in [5.41, 5.74) is 2.99. The summed E-state index contributed by atoms with van der Waals surface area (Å²) in [7, 11) is 0. The molecule has 0 bridgehead atoms. The molecule has 2 heterocycles. The van der Waals surface area contributed by atoms with E-state index in [0.29, 0.717) is 5.92 Å². The summed E-state index contributed by atoms with van der Waals surface area (Å²) in [4.78, 5) is 4.84. The van der Waals surface area contributed by atoms with E-state index >= 15 is 0 Å². The Morgan fingerprint density at radius 3 is 3.07 bits per heavy atom. The number of aryl methyl sites for hydroxylation is 1. The van der Waals surface area contributed by atoms with Crippen molar-refractivity contribution in [1.82, 2.24) is 9.55 Å². The highest BCUT2D eigenvalue weighted by Crippen LogP contribution is 2.32. The van der Waals surface area contributed by atoms with Gasteiger partial charge in [0.2, 0.25) is 0 Å². The van der Waals surface area contributed by atoms with E-state index in [4.69, 9.17) is 4.98 Å². The third-order valence-electron chi connectivity index (χ3n) is 3.73. The van der Waals surface area contributed by atoms with Crippen molar-refractivity contribution in [3.63, 3.8) is 0 Å². The van der Waals surface area contributed by atoms with Crippen LogP contribution in [0.2, 0.25) is 0 Å². The van der Waals surface area contributed by atoms with Crippen molar-refractivity contribution in [3.05, 3.63) is 17.2 Å². The van der Waals surface area contributed by atoms with Crippen LogP contribution in [0.25, 0.3) is 0 Å². The molecule has 0 amide bonds. The minimum Gasteiger partial charge on any atom is -0.332 e. The van der Waals surface area contributed by atoms with Crippen LogP contribution < -0.4 is 0 Å². The van der Waals surface area contributed by atoms with Gasteiger partial charge in [0, 0.05) is 24.6 Å². The summed E-state index contributed by atoms with van der Waals surface area (Å²) in [6.07, 6.45) is 7.86. The van der Waals surface area contributed by atoms with E-state index in [1.165, 1.54) is 56.6 Å². The van der Waals surface area contributed by atoms with Crippen molar-refractivity contribution in [1.29, 1.82) is 0 Å². The molecule has 2 aliphatic rings. The van der Waals surface area contributed by atoms with Gasteiger partial charge in [0.1, 0.15) is 5.82 Å². The van der Waals surface area contributed by atoms with E-state index in [2.05, 4.69) is 11.5 Å². The zero-order valence-corrected chi connectivity index (χ0v) is 8.92. The second-order valence-corrected chi connectivity index (χ2v) is 4.76. The molecule has 2 heteroatoms. The Bertz CT molecular complexity index is 351. The molecule has 1 aliphatic carbocycles. The summed E-state index contributed by atoms with van der Waals surface area (Å²) in [6, 6.07) is 0. The van der Waals surface area contributed by atoms with E-state index in [-0.39, 0.29) is 0 Å². The Kier molecular flexibility index (Phi) is 1.89. The summed E-state index contributed by atoms with van der Waals surface area (Å²) < 4.78 is 2.51. The van der Waals surface area contributed by atoms with Gasteiger partial charge in [-0.15, -0.1) is 0 Å². The highest BCUT2D eigenvalue weighted by molar-refractivity contribution is 5.24. The van der Waals surface area contributed by atoms with E-state index < -0.39 is 0 Å². The molecule has 0 fully saturated rings. The third-order valence-corrected chi connectivity index (χ3v) is 3.73. The van der Waals surface area contributed by atoms with Crippen LogP contribution in [0.15, 0.2) is 0 Å². The zero-order valence-electron chi connectivity index (χ0n) is 8.92. The number of aromatic nitrogens is 2. The monoisotopic (exact) mass is 190 g/mol. The molecule has 0 aromatic carbocycles. The van der Waals surface area contributed by atoms with Crippen LogP contribution in [0.4, 0.5) is 0 Å². The fraction of sp³-hybridized carbons (Fsp3) is 0.750. The Morgan fingerprint density at radius 1 is 1.21 bits per heavy atom. The van der Waals surface area contributed by atoms with Gasteiger partial charge in [0.15, 0.2) is 0 Å². The van der Waals surface area contributed by atoms with Crippen LogP contribution in [0, 0.1) is 0 Å². The Morgan fingerprint density at radius 2 is 2.14 bits per heavy atom. The quantitative estimate of drug-likeness (QED) is 0.615. The molecule has 0 N–H and O–H groups in total. The zero-order chi connectivity index (χ0) is 9.54. The Balaban J connectivity index is 2.10. The van der Waals surface area contributed by atoms with Crippen LogP contribution in [0.3, 0.4) is 0 Å². The molecule has 1 aromatic rings. The molecule has 1 atom stereocenters. The fourth-order valence-electron chi connectivity index (χ4n) is 2.94. The van der Waals surface area contributed by atoms with Gasteiger partial charge in [0.05, 0.1) is 5.69 Å². The summed E-state index contributed by atoms with van der Waals surface area (Å²) >= 11 is 0. The predicted octanol–water partition coefficient (Wildman–Crippen LogP) is 2.66. The van der Waals surface area contributed by atoms with Gasteiger partial charge >= 0.3 is 0 Å². The van der Waals surface area contributed by atoms with Gasteiger partial charge in [0.25, 0.3) is 0 Å². The van der Waals surface area contributed by atoms with E-state index in [9.17, 15) is 0 Å². The van der Waals surface area contributed by atoms with Crippen molar-refractivity contribution in [2.24, 2.45) is 0 Å². The molecule has 14 heavy (non-hydrogen) atoms. The minimum atomic E-state index is 0.705. The first-order valence-electron chi connectivity index (χ1n) is 5.94. The molecule has 3 rings (SSSR count). The van der Waals surface area contributed by atoms with Crippen molar-refractivity contribution < 1.29 is 0 Å². The van der Waals surface area contributed by atoms with Crippen LogP contribution in [0.1, 0.15) is 55.7 Å². The molecule has 76 valence electrons. The average molecular weight is 190 g/mol. The van der Waals surface area contributed by atoms with Crippen molar-refractivity contribution in [2.75, 3.05) is 0 Å². The molecular weight excluding hydrogens is 172 g/mol. The molecule has 0 spiro atoms. The van der Waals surface area contributed by atoms with Gasteiger partial charge in [-0.3, -0.25) is 0 Å². The van der Waals surface area contributed by atoms with Crippen molar-refractivity contribution in [3.8, 4) is 0 Å². The highest BCUT2D eigenvalue weighted by Gasteiger charge is 2.25. The van der Waals surface area contributed by atoms with E-state index in [1.54, 1.807) is 5.69 Å². The van der Waals surface area contributed by atoms with Crippen LogP contribution in [-0.4, -0.2) is 9.55 Å². The number of nitrogens with zero attached hydrogens (tertiary/aromatic N) is 2. The number of hydrogen-bond donors (Lipinski definition) is 0. The van der Waals surface area contributed by atoms with E-state index in [1.807, 2.05) is 0 Å². The smallest absolute Gasteiger partial charge is 0.109 e. The highest BCUT2D eigenvalue weighted by atomic mass is 15.1. The maximum absolute atomic E-state index is 4.84. The molecule has 1 aromatic heterocycles. The number of imidazole rings is 1. The second kappa shape index (κ2) is 3.11. The van der Waals surface area contributed by atoms with Crippen LogP contribution in [0.5, 0.6) is 0 Å². The first-order valence-corrected chi connectivity index (χ1v) is 5.94. The molecular formula is C12H18N2. The summed E-state index contributed by atoms with van der Waals surface area (Å²) in [5, 5.41) is 0. The number of fused-ring (bicyclic) bond motifs is 3. The third kappa shape index (κ3) is 1.13. The van der Waals surface area contributed by atoms with Crippen LogP contribution in [-0.2, 0) is 19.4 Å². The Hall–Kier alpha value is -0.790. The molecule has 0 saturated heterocycles. The van der Waals surface area contributed by atoms with Gasteiger partial charge in [-0.25, -0.2) is 4.98 Å². The predicted molar refractivity (Wildman–Crippen MR) is 56.5 cm³/mol. The van der Waals surface area contributed by atoms with Gasteiger partial charge in [-0.05, 0) is 32.1 Å². The molecule has 1 aliphatic heterocycles. The first-order chi connectivity index (χ1) is 6.86. The standard InChI is InChI=1S/C12H18N2/c1-9-5-4-6-10-12(9)13-11-7-2-3-8-14(10)11/h9H,2-8H2,1H3. The lowest BCUT2D eigenvalue weighted by atomic mass is 9.91. The summed E-state index contributed by atoms with van der Waals surface area (Å²) in [5.74, 6) is 2.08. The maximum Gasteiger partial charge on any atom is 0.109 e. The molecule has 2 nitrogen and oxygen atoms in total. The first kappa shape index (κ1) is 8.51. The molecule has 1 unspecified atom stereocenters.